The molecule has 3 aliphatic rings. The zero-order valence-electron chi connectivity index (χ0n) is 17.5. The number of thioether (sulfide) groups is 1. The molecule has 0 saturated carbocycles. The van der Waals surface area contributed by atoms with Crippen LogP contribution in [0.5, 0.6) is 0 Å². The van der Waals surface area contributed by atoms with E-state index in [-0.39, 0.29) is 24.8 Å². The van der Waals surface area contributed by atoms with Gasteiger partial charge >= 0.3 is 139 Å². The van der Waals surface area contributed by atoms with Crippen LogP contribution in [0, 0.1) is 5.92 Å². The molecule has 0 radical (unpaired) electrons. The minimum atomic E-state index is 0. The van der Waals surface area contributed by atoms with Crippen LogP contribution < -0.4 is 24.8 Å². The van der Waals surface area contributed by atoms with E-state index in [4.69, 9.17) is 4.42 Å². The predicted molar refractivity (Wildman–Crippen MR) is 123 cm³/mol. The number of furan rings is 1. The first-order chi connectivity index (χ1) is 14.7. The summed E-state index contributed by atoms with van der Waals surface area (Å²) in [6.07, 6.45) is 11.1. The van der Waals surface area contributed by atoms with Crippen LogP contribution >= 0.6 is 11.8 Å². The average Bonchev–Trinajstić information content (AvgIpc) is 3.53. The van der Waals surface area contributed by atoms with E-state index in [9.17, 15) is 0 Å². The summed E-state index contributed by atoms with van der Waals surface area (Å²) in [7, 11) is 0. The molecule has 6 rings (SSSR count). The van der Waals surface area contributed by atoms with Crippen LogP contribution in [-0.2, 0) is 24.7 Å². The van der Waals surface area contributed by atoms with Gasteiger partial charge in [0.05, 0.1) is 0 Å². The van der Waals surface area contributed by atoms with E-state index in [0.29, 0.717) is 9.54 Å². The van der Waals surface area contributed by atoms with Crippen molar-refractivity contribution < 1.29 is 54.0 Å². The van der Waals surface area contributed by atoms with Crippen LogP contribution in [0.4, 0.5) is 0 Å². The van der Waals surface area contributed by atoms with Gasteiger partial charge in [0.1, 0.15) is 0 Å². The SMILES string of the molecule is CC1=CC2C=CC=C2S1.[Cl-].[Cl-].[Zr+2][CH]1C(c2ccc(-c3ccccc3)o2)=Cc2ccccc21. The second kappa shape index (κ2) is 11.1. The fourth-order valence-corrected chi connectivity index (χ4v) is 6.19. The fourth-order valence-electron chi connectivity index (χ4n) is 3.98. The van der Waals surface area contributed by atoms with Crippen molar-refractivity contribution in [2.24, 2.45) is 5.92 Å². The van der Waals surface area contributed by atoms with Gasteiger partial charge in [-0.15, -0.1) is 0 Å². The Bertz CT molecular complexity index is 1210. The molecule has 2 heterocycles. The summed E-state index contributed by atoms with van der Waals surface area (Å²) >= 11 is 3.40. The normalized spacial score (nSPS) is 19.4. The molecule has 3 aromatic rings. The van der Waals surface area contributed by atoms with Crippen molar-refractivity contribution in [1.29, 1.82) is 0 Å². The van der Waals surface area contributed by atoms with E-state index in [1.54, 1.807) is 0 Å². The van der Waals surface area contributed by atoms with Crippen molar-refractivity contribution in [3.63, 3.8) is 0 Å². The zero-order valence-corrected chi connectivity index (χ0v) is 22.3. The number of hydrogen-bond donors (Lipinski definition) is 0. The molecule has 2 atom stereocenters. The van der Waals surface area contributed by atoms with Crippen molar-refractivity contribution in [3.8, 4) is 11.3 Å². The standard InChI is InChI=1S/C19H13O.C8H8S.2ClH.Zr/c1-2-6-14(7-3-1)18-10-11-19(20-18)17-12-15-8-4-5-9-16(15)13-17;1-6-5-7-3-2-4-8(7)9-6;;;/h1-13H;2-5,7H,1H3;2*1H;/q;;;;+2/p-2. The van der Waals surface area contributed by atoms with Gasteiger partial charge in [0.15, 0.2) is 0 Å². The second-order valence-electron chi connectivity index (χ2n) is 7.55. The Labute approximate surface area is 221 Å². The summed E-state index contributed by atoms with van der Waals surface area (Å²) in [6, 6.07) is 23.0. The molecule has 1 aliphatic heterocycles. The second-order valence-corrected chi connectivity index (χ2v) is 10.3. The molecule has 0 spiro atoms. The first kappa shape index (κ1) is 25.1. The summed E-state index contributed by atoms with van der Waals surface area (Å²) in [6.45, 7) is 2.16. The Morgan fingerprint density at radius 1 is 0.875 bits per heavy atom. The van der Waals surface area contributed by atoms with Gasteiger partial charge in [-0.05, 0) is 11.8 Å². The number of fused-ring (bicyclic) bond motifs is 2. The van der Waals surface area contributed by atoms with Gasteiger partial charge in [0.25, 0.3) is 0 Å². The Balaban J connectivity index is 0.000000222. The molecule has 0 saturated heterocycles. The summed E-state index contributed by atoms with van der Waals surface area (Å²) in [5.41, 5.74) is 5.17. The van der Waals surface area contributed by atoms with Gasteiger partial charge in [-0.1, -0.05) is 36.1 Å². The summed E-state index contributed by atoms with van der Waals surface area (Å²) < 4.78 is 6.58. The van der Waals surface area contributed by atoms with Gasteiger partial charge in [-0.2, -0.15) is 0 Å². The molecule has 2 aromatic carbocycles. The third-order valence-corrected chi connectivity index (χ3v) is 8.11. The molecule has 2 unspecified atom stereocenters. The minimum absolute atomic E-state index is 0. The van der Waals surface area contributed by atoms with Gasteiger partial charge in [-0.3, -0.25) is 0 Å². The Hall–Kier alpha value is -1.51. The fraction of sp³-hybridized carbons (Fsp3) is 0.111. The van der Waals surface area contributed by atoms with E-state index in [1.807, 2.05) is 30.0 Å². The van der Waals surface area contributed by atoms with E-state index in [2.05, 4.69) is 85.8 Å². The average molecular weight is 556 g/mol. The van der Waals surface area contributed by atoms with Gasteiger partial charge in [0.2, 0.25) is 0 Å². The monoisotopic (exact) mass is 553 g/mol. The van der Waals surface area contributed by atoms with Gasteiger partial charge < -0.3 is 24.8 Å². The maximum atomic E-state index is 6.10. The molecular weight excluding hydrogens is 534 g/mol. The van der Waals surface area contributed by atoms with Crippen molar-refractivity contribution in [3.05, 3.63) is 118 Å². The van der Waals surface area contributed by atoms with Crippen molar-refractivity contribution in [1.82, 2.24) is 0 Å². The Morgan fingerprint density at radius 2 is 1.59 bits per heavy atom. The van der Waals surface area contributed by atoms with Gasteiger partial charge in [-0.25, -0.2) is 0 Å². The van der Waals surface area contributed by atoms with E-state index in [1.165, 1.54) is 51.2 Å². The first-order valence-electron chi connectivity index (χ1n) is 10.1. The maximum absolute atomic E-state index is 6.10. The quantitative estimate of drug-likeness (QED) is 0.479. The predicted octanol–water partition coefficient (Wildman–Crippen LogP) is 1.80. The van der Waals surface area contributed by atoms with E-state index >= 15 is 0 Å². The summed E-state index contributed by atoms with van der Waals surface area (Å²) in [5, 5.41) is 0. The first-order valence-corrected chi connectivity index (χ1v) is 12.3. The number of benzene rings is 2. The zero-order chi connectivity index (χ0) is 20.5. The summed E-state index contributed by atoms with van der Waals surface area (Å²) in [5.74, 6) is 2.56. The summed E-state index contributed by atoms with van der Waals surface area (Å²) in [4.78, 5) is 2.93. The Morgan fingerprint density at radius 3 is 2.34 bits per heavy atom. The van der Waals surface area contributed by atoms with E-state index in [0.717, 1.165) is 17.1 Å². The molecule has 0 amide bonds. The molecule has 1 aromatic heterocycles. The molecular formula is C27H21Cl2OSZr. The van der Waals surface area contributed by atoms with Crippen LogP contribution in [0.1, 0.15) is 27.4 Å². The molecule has 0 bridgehead atoms. The third kappa shape index (κ3) is 5.18. The number of rotatable bonds is 2. The van der Waals surface area contributed by atoms with E-state index < -0.39 is 0 Å². The molecule has 1 nitrogen and oxygen atoms in total. The molecule has 159 valence electrons. The van der Waals surface area contributed by atoms with Crippen molar-refractivity contribution in [2.45, 2.75) is 10.5 Å². The van der Waals surface area contributed by atoms with Crippen LogP contribution in [-0.4, -0.2) is 0 Å². The van der Waals surface area contributed by atoms with Crippen LogP contribution in [0.15, 0.2) is 105 Å². The molecule has 5 heteroatoms. The van der Waals surface area contributed by atoms with Crippen LogP contribution in [0.25, 0.3) is 23.0 Å². The van der Waals surface area contributed by atoms with Crippen molar-refractivity contribution >= 4 is 23.4 Å². The molecule has 0 N–H and O–H groups in total. The Kier molecular flexibility index (Phi) is 8.70. The van der Waals surface area contributed by atoms with Crippen LogP contribution in [0.2, 0.25) is 0 Å². The number of allylic oxidation sites excluding steroid dienone is 7. The molecule has 0 fully saturated rings. The molecule has 32 heavy (non-hydrogen) atoms. The topological polar surface area (TPSA) is 13.1 Å². The van der Waals surface area contributed by atoms with Crippen LogP contribution in [0.3, 0.4) is 0 Å². The molecule has 2 aliphatic carbocycles. The number of hydrogen-bond acceptors (Lipinski definition) is 2. The van der Waals surface area contributed by atoms with Crippen molar-refractivity contribution in [2.75, 3.05) is 0 Å². The number of halogens is 2. The third-order valence-electron chi connectivity index (χ3n) is 5.48. The van der Waals surface area contributed by atoms with Gasteiger partial charge in [0, 0.05) is 10.8 Å².